The fourth-order valence-corrected chi connectivity index (χ4v) is 2.89. The molecule has 1 aliphatic heterocycles. The van der Waals surface area contributed by atoms with E-state index in [1.54, 1.807) is 7.11 Å². The number of hydrogen-bond donors (Lipinski definition) is 1. The Bertz CT molecular complexity index is 685. The van der Waals surface area contributed by atoms with Gasteiger partial charge in [-0.15, -0.1) is 0 Å². The van der Waals surface area contributed by atoms with Gasteiger partial charge < -0.3 is 14.6 Å². The van der Waals surface area contributed by atoms with Crippen LogP contribution in [-0.4, -0.2) is 48.9 Å². The number of fused-ring (bicyclic) bond motifs is 1. The topological polar surface area (TPSA) is 59.0 Å². The highest BCUT2D eigenvalue weighted by atomic mass is 16.5. The summed E-state index contributed by atoms with van der Waals surface area (Å²) in [6, 6.07) is 12.2. The molecule has 1 aliphatic rings. The van der Waals surface area contributed by atoms with Crippen LogP contribution < -0.4 is 4.74 Å². The zero-order valence-electron chi connectivity index (χ0n) is 12.5. The van der Waals surface area contributed by atoms with Gasteiger partial charge in [0.2, 0.25) is 0 Å². The predicted octanol–water partition coefficient (Wildman–Crippen LogP) is 2.13. The van der Waals surface area contributed by atoms with Gasteiger partial charge in [-0.1, -0.05) is 30.3 Å². The Balaban J connectivity index is 1.90. The van der Waals surface area contributed by atoms with Crippen LogP contribution in [0.15, 0.2) is 36.4 Å². The van der Waals surface area contributed by atoms with Gasteiger partial charge in [0, 0.05) is 25.2 Å². The van der Waals surface area contributed by atoms with Crippen LogP contribution in [0.1, 0.15) is 5.56 Å². The van der Waals surface area contributed by atoms with E-state index >= 15 is 0 Å². The number of methoxy groups -OCH3 is 1. The van der Waals surface area contributed by atoms with Gasteiger partial charge in [-0.2, -0.15) is 0 Å². The lowest BCUT2D eigenvalue weighted by atomic mass is 10.0. The van der Waals surface area contributed by atoms with Crippen molar-refractivity contribution in [2.24, 2.45) is 0 Å². The molecule has 1 fully saturated rings. The third-order valence-corrected chi connectivity index (χ3v) is 4.03. The lowest BCUT2D eigenvalue weighted by Crippen LogP contribution is -2.45. The van der Waals surface area contributed by atoms with Crippen molar-refractivity contribution in [2.45, 2.75) is 12.6 Å². The molecule has 2 aromatic rings. The summed E-state index contributed by atoms with van der Waals surface area (Å²) in [5, 5.41) is 11.4. The van der Waals surface area contributed by atoms with Crippen molar-refractivity contribution in [3.8, 4) is 5.75 Å². The summed E-state index contributed by atoms with van der Waals surface area (Å²) in [4.78, 5) is 13.2. The first-order valence-electron chi connectivity index (χ1n) is 7.30. The fourth-order valence-electron chi connectivity index (χ4n) is 2.89. The Morgan fingerprint density at radius 1 is 1.36 bits per heavy atom. The SMILES string of the molecule is COc1ccc2ccccc2c1CN1CCOC(C(=O)O)C1. The third kappa shape index (κ3) is 2.91. The molecule has 2 aromatic carbocycles. The van der Waals surface area contributed by atoms with Gasteiger partial charge >= 0.3 is 5.97 Å². The maximum Gasteiger partial charge on any atom is 0.334 e. The highest BCUT2D eigenvalue weighted by Gasteiger charge is 2.27. The Morgan fingerprint density at radius 2 is 2.18 bits per heavy atom. The number of aliphatic carboxylic acids is 1. The minimum absolute atomic E-state index is 0.391. The molecule has 3 rings (SSSR count). The number of ether oxygens (including phenoxy) is 2. The number of nitrogens with zero attached hydrogens (tertiary/aromatic N) is 1. The van der Waals surface area contributed by atoms with Gasteiger partial charge in [0.05, 0.1) is 13.7 Å². The third-order valence-electron chi connectivity index (χ3n) is 4.03. The highest BCUT2D eigenvalue weighted by molar-refractivity contribution is 5.87. The Kier molecular flexibility index (Phi) is 4.27. The van der Waals surface area contributed by atoms with Crippen molar-refractivity contribution in [3.05, 3.63) is 42.0 Å². The second-order valence-electron chi connectivity index (χ2n) is 5.40. The second kappa shape index (κ2) is 6.34. The maximum atomic E-state index is 11.1. The molecule has 1 atom stereocenters. The summed E-state index contributed by atoms with van der Waals surface area (Å²) in [6.07, 6.45) is -0.755. The number of benzene rings is 2. The first kappa shape index (κ1) is 14.8. The molecule has 1 unspecified atom stereocenters. The number of hydrogen-bond acceptors (Lipinski definition) is 4. The van der Waals surface area contributed by atoms with Crippen molar-refractivity contribution in [3.63, 3.8) is 0 Å². The van der Waals surface area contributed by atoms with Crippen LogP contribution in [0.4, 0.5) is 0 Å². The molecule has 0 bridgehead atoms. The average molecular weight is 301 g/mol. The Labute approximate surface area is 129 Å². The zero-order chi connectivity index (χ0) is 15.5. The molecule has 0 aliphatic carbocycles. The number of rotatable bonds is 4. The van der Waals surface area contributed by atoms with Crippen molar-refractivity contribution in [2.75, 3.05) is 26.8 Å². The molecule has 1 N–H and O–H groups in total. The molecular formula is C17H19NO4. The molecule has 5 nitrogen and oxygen atoms in total. The number of morpholine rings is 1. The van der Waals surface area contributed by atoms with E-state index < -0.39 is 12.1 Å². The van der Waals surface area contributed by atoms with Crippen molar-refractivity contribution < 1.29 is 19.4 Å². The lowest BCUT2D eigenvalue weighted by molar-refractivity contribution is -0.156. The van der Waals surface area contributed by atoms with E-state index in [-0.39, 0.29) is 0 Å². The quantitative estimate of drug-likeness (QED) is 0.937. The maximum absolute atomic E-state index is 11.1. The van der Waals surface area contributed by atoms with Gasteiger partial charge in [0.15, 0.2) is 6.10 Å². The monoisotopic (exact) mass is 301 g/mol. The molecule has 1 saturated heterocycles. The van der Waals surface area contributed by atoms with Gasteiger partial charge in [0.25, 0.3) is 0 Å². The fraction of sp³-hybridized carbons (Fsp3) is 0.353. The van der Waals surface area contributed by atoms with E-state index in [1.165, 1.54) is 0 Å². The average Bonchev–Trinajstić information content (AvgIpc) is 2.55. The van der Waals surface area contributed by atoms with E-state index in [9.17, 15) is 4.79 Å². The largest absolute Gasteiger partial charge is 0.496 e. The van der Waals surface area contributed by atoms with Gasteiger partial charge in [-0.05, 0) is 16.8 Å². The molecule has 0 radical (unpaired) electrons. The second-order valence-corrected chi connectivity index (χ2v) is 5.40. The van der Waals surface area contributed by atoms with Gasteiger partial charge in [-0.3, -0.25) is 4.90 Å². The van der Waals surface area contributed by atoms with Crippen molar-refractivity contribution >= 4 is 16.7 Å². The smallest absolute Gasteiger partial charge is 0.334 e. The summed E-state index contributed by atoms with van der Waals surface area (Å²) in [7, 11) is 1.66. The Morgan fingerprint density at radius 3 is 2.95 bits per heavy atom. The number of carboxylic acids is 1. The van der Waals surface area contributed by atoms with Crippen LogP contribution in [0.3, 0.4) is 0 Å². The normalized spacial score (nSPS) is 19.2. The summed E-state index contributed by atoms with van der Waals surface area (Å²) in [5.41, 5.74) is 1.09. The molecule has 0 spiro atoms. The number of carbonyl (C=O) groups is 1. The van der Waals surface area contributed by atoms with Crippen LogP contribution >= 0.6 is 0 Å². The molecule has 0 saturated carbocycles. The van der Waals surface area contributed by atoms with E-state index in [0.717, 1.165) is 28.6 Å². The molecule has 0 amide bonds. The summed E-state index contributed by atoms with van der Waals surface area (Å²) >= 11 is 0. The van der Waals surface area contributed by atoms with Crippen LogP contribution in [-0.2, 0) is 16.1 Å². The van der Waals surface area contributed by atoms with Crippen molar-refractivity contribution in [1.29, 1.82) is 0 Å². The first-order valence-corrected chi connectivity index (χ1v) is 7.30. The highest BCUT2D eigenvalue weighted by Crippen LogP contribution is 2.29. The molecule has 0 aromatic heterocycles. The molecular weight excluding hydrogens is 282 g/mol. The van der Waals surface area contributed by atoms with E-state index in [0.29, 0.717) is 19.7 Å². The van der Waals surface area contributed by atoms with E-state index in [4.69, 9.17) is 14.6 Å². The lowest BCUT2D eigenvalue weighted by Gasteiger charge is -2.31. The first-order chi connectivity index (χ1) is 10.7. The standard InChI is InChI=1S/C17H19NO4/c1-21-15-7-6-12-4-2-3-5-13(12)14(15)10-18-8-9-22-16(11-18)17(19)20/h2-7,16H,8-11H2,1H3,(H,19,20). The number of carboxylic acid groups (broad SMARTS) is 1. The minimum atomic E-state index is -0.908. The van der Waals surface area contributed by atoms with Crippen molar-refractivity contribution in [1.82, 2.24) is 4.90 Å². The summed E-state index contributed by atoms with van der Waals surface area (Å²) in [6.45, 7) is 2.19. The minimum Gasteiger partial charge on any atom is -0.496 e. The van der Waals surface area contributed by atoms with Crippen LogP contribution in [0.5, 0.6) is 5.75 Å². The molecule has 5 heteroatoms. The van der Waals surface area contributed by atoms with Gasteiger partial charge in [-0.25, -0.2) is 4.79 Å². The van der Waals surface area contributed by atoms with Crippen LogP contribution in [0.25, 0.3) is 10.8 Å². The van der Waals surface area contributed by atoms with E-state index in [2.05, 4.69) is 17.0 Å². The van der Waals surface area contributed by atoms with Crippen LogP contribution in [0.2, 0.25) is 0 Å². The summed E-state index contributed by atoms with van der Waals surface area (Å²) in [5.74, 6) is -0.0772. The van der Waals surface area contributed by atoms with Gasteiger partial charge in [0.1, 0.15) is 5.75 Å². The molecule has 116 valence electrons. The van der Waals surface area contributed by atoms with Crippen LogP contribution in [0, 0.1) is 0 Å². The zero-order valence-corrected chi connectivity index (χ0v) is 12.5. The molecule has 22 heavy (non-hydrogen) atoms. The summed E-state index contributed by atoms with van der Waals surface area (Å²) < 4.78 is 10.8. The molecule has 1 heterocycles. The Hall–Kier alpha value is -2.11. The predicted molar refractivity (Wildman–Crippen MR) is 83.2 cm³/mol. The van der Waals surface area contributed by atoms with E-state index in [1.807, 2.05) is 24.3 Å².